The fourth-order valence-electron chi connectivity index (χ4n) is 4.11. The third-order valence-electron chi connectivity index (χ3n) is 6.58. The highest BCUT2D eigenvalue weighted by molar-refractivity contribution is 7.92. The van der Waals surface area contributed by atoms with Crippen LogP contribution in [0, 0.1) is 0 Å². The summed E-state index contributed by atoms with van der Waals surface area (Å²) < 4.78 is 61.1. The van der Waals surface area contributed by atoms with E-state index < -0.39 is 39.8 Å². The molecule has 0 fully saturated rings. The van der Waals surface area contributed by atoms with Crippen LogP contribution in [0.3, 0.4) is 0 Å². The molecule has 0 saturated carbocycles. The number of aliphatic carboxylic acids is 1. The van der Waals surface area contributed by atoms with E-state index in [0.717, 1.165) is 0 Å². The van der Waals surface area contributed by atoms with E-state index in [-0.39, 0.29) is 22.7 Å². The van der Waals surface area contributed by atoms with E-state index in [1.165, 1.54) is 24.3 Å². The third-order valence-corrected chi connectivity index (χ3v) is 7.97. The molecular weight excluding hydrogens is 621 g/mol. The topological polar surface area (TPSA) is 191 Å². The van der Waals surface area contributed by atoms with E-state index in [0.29, 0.717) is 35.2 Å². The van der Waals surface area contributed by atoms with Crippen LogP contribution in [0.5, 0.6) is 0 Å². The van der Waals surface area contributed by atoms with E-state index in [4.69, 9.17) is 9.90 Å². The fourth-order valence-corrected chi connectivity index (χ4v) is 5.18. The molecule has 0 bridgehead atoms. The van der Waals surface area contributed by atoms with Crippen molar-refractivity contribution in [1.82, 2.24) is 14.9 Å². The van der Waals surface area contributed by atoms with Crippen molar-refractivity contribution in [3.05, 3.63) is 94.4 Å². The summed E-state index contributed by atoms with van der Waals surface area (Å²) in [6, 6.07) is 19.1. The number of H-pyrrole nitrogens is 1. The number of fused-ring (bicyclic) bond motifs is 1. The number of aromatic amines is 1. The number of nitrogens with zero attached hydrogens (tertiary/aromatic N) is 1. The number of β-amino-alcohol motifs (C(OH)–C–C–N with tert-alkyl or cyclic N) is 1. The van der Waals surface area contributed by atoms with Crippen LogP contribution in [-0.4, -0.2) is 63.5 Å². The molecule has 0 amide bonds. The lowest BCUT2D eigenvalue weighted by molar-refractivity contribution is -0.192. The van der Waals surface area contributed by atoms with E-state index in [1.807, 2.05) is 13.8 Å². The molecule has 3 aromatic carbocycles. The summed E-state index contributed by atoms with van der Waals surface area (Å²) >= 11 is 0. The maximum absolute atomic E-state index is 12.6. The number of aliphatic hydroxyl groups excluding tert-OH is 1. The summed E-state index contributed by atoms with van der Waals surface area (Å²) in [7, 11) is -3.75. The van der Waals surface area contributed by atoms with E-state index in [1.54, 1.807) is 53.1 Å². The molecule has 4 rings (SSSR count). The minimum absolute atomic E-state index is 0.0961. The van der Waals surface area contributed by atoms with Gasteiger partial charge in [0.2, 0.25) is 0 Å². The molecule has 242 valence electrons. The Bertz CT molecular complexity index is 1820. The van der Waals surface area contributed by atoms with Gasteiger partial charge in [-0.25, -0.2) is 22.8 Å². The van der Waals surface area contributed by atoms with Gasteiger partial charge in [0, 0.05) is 24.3 Å². The lowest BCUT2D eigenvalue weighted by atomic mass is 9.99. The molecule has 12 nitrogen and oxygen atoms in total. The van der Waals surface area contributed by atoms with E-state index in [9.17, 15) is 41.4 Å². The molecule has 1 atom stereocenters. The molecule has 1 aromatic heterocycles. The van der Waals surface area contributed by atoms with Crippen LogP contribution in [0.4, 0.5) is 18.9 Å². The van der Waals surface area contributed by atoms with Crippen molar-refractivity contribution in [2.24, 2.45) is 0 Å². The van der Waals surface area contributed by atoms with E-state index >= 15 is 0 Å². The molecule has 0 aliphatic rings. The van der Waals surface area contributed by atoms with Crippen molar-refractivity contribution in [1.29, 1.82) is 0 Å². The van der Waals surface area contributed by atoms with Gasteiger partial charge in [0.15, 0.2) is 0 Å². The zero-order valence-corrected chi connectivity index (χ0v) is 24.8. The summed E-state index contributed by atoms with van der Waals surface area (Å²) in [6.45, 7) is 4.48. The van der Waals surface area contributed by atoms with Crippen molar-refractivity contribution >= 4 is 38.7 Å². The molecule has 1 unspecified atom stereocenters. The minimum atomic E-state index is -5.08. The predicted octanol–water partition coefficient (Wildman–Crippen LogP) is 3.95. The summed E-state index contributed by atoms with van der Waals surface area (Å²) in [5, 5.41) is 30.4. The number of imidazole rings is 1. The highest BCUT2D eigenvalue weighted by Gasteiger charge is 2.38. The molecule has 16 heteroatoms. The van der Waals surface area contributed by atoms with Gasteiger partial charge in [0.1, 0.15) is 0 Å². The van der Waals surface area contributed by atoms with Crippen molar-refractivity contribution in [2.75, 3.05) is 11.3 Å². The SMILES string of the molecule is CC(C)(CCn1c(=O)[nH]c2cc(C(=O)O)ccc21)NCC(O)c1cccc(NS(=O)(=O)c2ccccc2)c1.O=C(O)C(F)(F)F. The van der Waals surface area contributed by atoms with E-state index in [2.05, 4.69) is 15.0 Å². The number of aryl methyl sites for hydroxylation is 1. The third kappa shape index (κ3) is 9.66. The number of halogens is 3. The van der Waals surface area contributed by atoms with Crippen LogP contribution < -0.4 is 15.7 Å². The average molecular weight is 653 g/mol. The average Bonchev–Trinajstić information content (AvgIpc) is 3.29. The number of carboxylic acid groups (broad SMARTS) is 2. The Labute approximate surface area is 255 Å². The normalized spacial score (nSPS) is 12.7. The van der Waals surface area contributed by atoms with Gasteiger partial charge in [0.05, 0.1) is 27.6 Å². The van der Waals surface area contributed by atoms with Gasteiger partial charge in [0.25, 0.3) is 10.0 Å². The monoisotopic (exact) mass is 652 g/mol. The quantitative estimate of drug-likeness (QED) is 0.139. The van der Waals surface area contributed by atoms with Crippen LogP contribution in [-0.2, 0) is 21.4 Å². The smallest absolute Gasteiger partial charge is 0.478 e. The Morgan fingerprint density at radius 3 is 2.22 bits per heavy atom. The van der Waals surface area contributed by atoms with Gasteiger partial charge < -0.3 is 25.6 Å². The molecule has 6 N–H and O–H groups in total. The standard InChI is InChI=1S/C27H30N4O6S.C2HF3O2/c1-27(2,13-14-31-23-12-11-19(25(33)34)16-22(23)29-26(31)35)28-17-24(32)18-7-6-8-20(15-18)30-38(36,37)21-9-4-3-5-10-21;3-2(4,5)1(6)7/h3-12,15-16,24,28,30,32H,13-14,17H2,1-2H3,(H,29,35)(H,33,34);(H,6,7). The lowest BCUT2D eigenvalue weighted by Gasteiger charge is -2.28. The number of carbonyl (C=O) groups is 2. The van der Waals surface area contributed by atoms with Gasteiger partial charge in [-0.2, -0.15) is 13.2 Å². The molecular formula is C29H31F3N4O8S. The van der Waals surface area contributed by atoms with Crippen LogP contribution in [0.15, 0.2) is 82.5 Å². The Balaban J connectivity index is 0.000000707. The minimum Gasteiger partial charge on any atom is -0.478 e. The summed E-state index contributed by atoms with van der Waals surface area (Å²) in [5.74, 6) is -3.82. The number of hydrogen-bond donors (Lipinski definition) is 6. The van der Waals surface area contributed by atoms with Crippen LogP contribution >= 0.6 is 0 Å². The maximum Gasteiger partial charge on any atom is 0.490 e. The number of aromatic nitrogens is 2. The first-order valence-corrected chi connectivity index (χ1v) is 14.7. The Hall–Kier alpha value is -4.67. The summed E-state index contributed by atoms with van der Waals surface area (Å²) in [4.78, 5) is 35.4. The number of sulfonamides is 1. The molecule has 4 aromatic rings. The maximum atomic E-state index is 12.6. The largest absolute Gasteiger partial charge is 0.490 e. The fraction of sp³-hybridized carbons (Fsp3) is 0.276. The molecule has 0 aliphatic heterocycles. The zero-order valence-electron chi connectivity index (χ0n) is 24.0. The zero-order chi connectivity index (χ0) is 33.6. The molecule has 0 aliphatic carbocycles. The Morgan fingerprint density at radius 1 is 0.978 bits per heavy atom. The number of nitrogens with one attached hydrogen (secondary N) is 3. The number of rotatable bonds is 11. The highest BCUT2D eigenvalue weighted by Crippen LogP contribution is 2.22. The number of anilines is 1. The van der Waals surface area contributed by atoms with Crippen LogP contribution in [0.1, 0.15) is 42.3 Å². The van der Waals surface area contributed by atoms with Gasteiger partial charge in [-0.3, -0.25) is 9.29 Å². The van der Waals surface area contributed by atoms with Gasteiger partial charge in [-0.1, -0.05) is 30.3 Å². The summed E-state index contributed by atoms with van der Waals surface area (Å²) in [6.07, 6.45) is -5.44. The van der Waals surface area contributed by atoms with Crippen molar-refractivity contribution in [3.63, 3.8) is 0 Å². The number of aromatic carboxylic acids is 1. The molecule has 0 radical (unpaired) electrons. The number of aliphatic hydroxyl groups is 1. The van der Waals surface area contributed by atoms with Crippen LogP contribution in [0.25, 0.3) is 11.0 Å². The molecule has 0 spiro atoms. The van der Waals surface area contributed by atoms with Crippen LogP contribution in [0.2, 0.25) is 0 Å². The number of alkyl halides is 3. The van der Waals surface area contributed by atoms with Gasteiger partial charge >= 0.3 is 23.8 Å². The molecule has 0 saturated heterocycles. The molecule has 45 heavy (non-hydrogen) atoms. The Morgan fingerprint density at radius 2 is 1.62 bits per heavy atom. The van der Waals surface area contributed by atoms with Crippen molar-refractivity contribution in [2.45, 2.75) is 49.5 Å². The first-order valence-electron chi connectivity index (χ1n) is 13.3. The molecule has 1 heterocycles. The first-order chi connectivity index (χ1) is 20.9. The second-order valence-corrected chi connectivity index (χ2v) is 12.2. The lowest BCUT2D eigenvalue weighted by Crippen LogP contribution is -2.42. The summed E-state index contributed by atoms with van der Waals surface area (Å²) in [5.41, 5.74) is 1.27. The number of benzene rings is 3. The van der Waals surface area contributed by atoms with Gasteiger partial charge in [-0.15, -0.1) is 0 Å². The Kier molecular flexibility index (Phi) is 10.8. The van der Waals surface area contributed by atoms with Crippen molar-refractivity contribution < 1.29 is 46.5 Å². The predicted molar refractivity (Wildman–Crippen MR) is 159 cm³/mol. The highest BCUT2D eigenvalue weighted by atomic mass is 32.2. The van der Waals surface area contributed by atoms with Gasteiger partial charge in [-0.05, 0) is 68.3 Å². The second kappa shape index (κ2) is 14.0. The number of hydrogen-bond acceptors (Lipinski definition) is 7. The number of carboxylic acids is 2. The van der Waals surface area contributed by atoms with Crippen molar-refractivity contribution in [3.8, 4) is 0 Å². The first kappa shape index (κ1) is 34.8. The second-order valence-electron chi connectivity index (χ2n) is 10.5.